The third-order valence-corrected chi connectivity index (χ3v) is 4.09. The van der Waals surface area contributed by atoms with E-state index in [1.54, 1.807) is 6.07 Å². The number of hydrogen-bond acceptors (Lipinski definition) is 6. The Morgan fingerprint density at radius 3 is 2.50 bits per heavy atom. The summed E-state index contributed by atoms with van der Waals surface area (Å²) >= 11 is 12.1. The van der Waals surface area contributed by atoms with Crippen molar-refractivity contribution in [3.63, 3.8) is 0 Å². The fourth-order valence-corrected chi connectivity index (χ4v) is 3.05. The number of carbonyl (C=O) groups excluding carboxylic acids is 3. The number of imide groups is 1. The zero-order valence-corrected chi connectivity index (χ0v) is 12.7. The number of hydrogen-bond donors (Lipinski definition) is 1. The first kappa shape index (κ1) is 14.8. The summed E-state index contributed by atoms with van der Waals surface area (Å²) in [6, 6.07) is 3.66. The Hall–Kier alpha value is -2.12. The van der Waals surface area contributed by atoms with Gasteiger partial charge in [-0.1, -0.05) is 29.3 Å². The van der Waals surface area contributed by atoms with Crippen LogP contribution in [0.15, 0.2) is 23.3 Å². The van der Waals surface area contributed by atoms with Crippen LogP contribution in [0.5, 0.6) is 0 Å². The van der Waals surface area contributed by atoms with E-state index >= 15 is 0 Å². The Bertz CT molecular complexity index is 714. The molecule has 2 heterocycles. The minimum atomic E-state index is -1.05. The lowest BCUT2D eigenvalue weighted by Crippen LogP contribution is -2.36. The summed E-state index contributed by atoms with van der Waals surface area (Å²) in [6.45, 7) is 0. The lowest BCUT2D eigenvalue weighted by molar-refractivity contribution is -0.133. The molecule has 0 spiro atoms. The van der Waals surface area contributed by atoms with Gasteiger partial charge in [0, 0.05) is 0 Å². The van der Waals surface area contributed by atoms with Crippen LogP contribution in [0.4, 0.5) is 5.69 Å². The molecule has 0 aliphatic carbocycles. The van der Waals surface area contributed by atoms with Gasteiger partial charge < -0.3 is 4.74 Å². The van der Waals surface area contributed by atoms with E-state index in [1.165, 1.54) is 19.2 Å². The van der Waals surface area contributed by atoms with E-state index in [9.17, 15) is 14.4 Å². The summed E-state index contributed by atoms with van der Waals surface area (Å²) in [7, 11) is 1.17. The predicted molar refractivity (Wildman–Crippen MR) is 78.8 cm³/mol. The van der Waals surface area contributed by atoms with Crippen LogP contribution < -0.4 is 10.3 Å². The van der Waals surface area contributed by atoms with Crippen molar-refractivity contribution in [1.29, 1.82) is 0 Å². The van der Waals surface area contributed by atoms with Crippen molar-refractivity contribution < 1.29 is 19.1 Å². The predicted octanol–water partition coefficient (Wildman–Crippen LogP) is 0.984. The molecule has 1 aromatic carbocycles. The molecule has 0 radical (unpaired) electrons. The van der Waals surface area contributed by atoms with Gasteiger partial charge in [0.2, 0.25) is 5.91 Å². The van der Waals surface area contributed by atoms with Crippen molar-refractivity contribution in [3.8, 4) is 0 Å². The van der Waals surface area contributed by atoms with E-state index in [-0.39, 0.29) is 21.4 Å². The number of amides is 2. The summed E-state index contributed by atoms with van der Waals surface area (Å²) in [5.41, 5.74) is 2.45. The van der Waals surface area contributed by atoms with Gasteiger partial charge in [-0.25, -0.2) is 9.69 Å². The number of fused-ring (bicyclic) bond motifs is 1. The number of hydrazone groups is 1. The smallest absolute Gasteiger partial charge is 0.355 e. The van der Waals surface area contributed by atoms with Gasteiger partial charge in [0.1, 0.15) is 12.0 Å². The minimum Gasteiger partial charge on any atom is -0.464 e. The third-order valence-electron chi connectivity index (χ3n) is 3.48. The third kappa shape index (κ3) is 1.97. The minimum absolute atomic E-state index is 0.0984. The first-order valence-corrected chi connectivity index (χ1v) is 6.96. The highest BCUT2D eigenvalue weighted by molar-refractivity contribution is 6.48. The van der Waals surface area contributed by atoms with E-state index in [1.807, 2.05) is 0 Å². The number of ether oxygens (including phenoxy) is 1. The number of rotatable bonds is 2. The van der Waals surface area contributed by atoms with Gasteiger partial charge in [-0.2, -0.15) is 5.10 Å². The second kappa shape index (κ2) is 5.26. The number of nitrogens with zero attached hydrogens (tertiary/aromatic N) is 2. The summed E-state index contributed by atoms with van der Waals surface area (Å²) in [4.78, 5) is 37.6. The van der Waals surface area contributed by atoms with Crippen LogP contribution in [0.3, 0.4) is 0 Å². The fourth-order valence-electron chi connectivity index (χ4n) is 2.49. The van der Waals surface area contributed by atoms with E-state index in [4.69, 9.17) is 23.2 Å². The van der Waals surface area contributed by atoms with Crippen LogP contribution in [-0.2, 0) is 19.1 Å². The molecule has 2 aliphatic rings. The first-order chi connectivity index (χ1) is 10.5. The van der Waals surface area contributed by atoms with Gasteiger partial charge in [0.05, 0.1) is 22.8 Å². The summed E-state index contributed by atoms with van der Waals surface area (Å²) < 4.78 is 4.57. The topological polar surface area (TPSA) is 88.1 Å². The highest BCUT2D eigenvalue weighted by atomic mass is 35.5. The standard InChI is InChI=1S/C13H9Cl2N3O4/c1-22-13(21)9-7-8(16-17-9)12(20)18(11(7)19)10-5(14)3-2-4-6(10)15/h2-4,7-8,16H,1H3. The molecule has 22 heavy (non-hydrogen) atoms. The first-order valence-electron chi connectivity index (χ1n) is 6.20. The molecule has 7 nitrogen and oxygen atoms in total. The highest BCUT2D eigenvalue weighted by Crippen LogP contribution is 2.39. The number of benzene rings is 1. The van der Waals surface area contributed by atoms with Crippen LogP contribution >= 0.6 is 23.2 Å². The van der Waals surface area contributed by atoms with Gasteiger partial charge in [-0.05, 0) is 12.1 Å². The number of esters is 1. The van der Waals surface area contributed by atoms with Crippen molar-refractivity contribution >= 4 is 52.4 Å². The quantitative estimate of drug-likeness (QED) is 0.640. The molecule has 0 saturated carbocycles. The van der Waals surface area contributed by atoms with Crippen LogP contribution in [0.2, 0.25) is 10.0 Å². The zero-order valence-electron chi connectivity index (χ0n) is 11.2. The summed E-state index contributed by atoms with van der Waals surface area (Å²) in [6.07, 6.45) is 0. The number of nitrogens with one attached hydrogen (secondary N) is 1. The lowest BCUT2D eigenvalue weighted by Gasteiger charge is -2.18. The van der Waals surface area contributed by atoms with Gasteiger partial charge >= 0.3 is 5.97 Å². The van der Waals surface area contributed by atoms with E-state index < -0.39 is 29.7 Å². The largest absolute Gasteiger partial charge is 0.464 e. The number of para-hydroxylation sites is 1. The molecular formula is C13H9Cl2N3O4. The van der Waals surface area contributed by atoms with Crippen molar-refractivity contribution in [3.05, 3.63) is 28.2 Å². The highest BCUT2D eigenvalue weighted by Gasteiger charge is 2.56. The molecule has 3 rings (SSSR count). The van der Waals surface area contributed by atoms with Crippen molar-refractivity contribution in [2.45, 2.75) is 6.04 Å². The Morgan fingerprint density at radius 1 is 1.27 bits per heavy atom. The van der Waals surface area contributed by atoms with Gasteiger partial charge in [0.25, 0.3) is 5.91 Å². The number of anilines is 1. The molecular weight excluding hydrogens is 333 g/mol. The Kier molecular flexibility index (Phi) is 3.54. The molecule has 2 unspecified atom stereocenters. The maximum Gasteiger partial charge on any atom is 0.355 e. The van der Waals surface area contributed by atoms with E-state index in [2.05, 4.69) is 15.3 Å². The van der Waals surface area contributed by atoms with Crippen molar-refractivity contribution in [1.82, 2.24) is 5.43 Å². The van der Waals surface area contributed by atoms with Gasteiger partial charge in [-0.15, -0.1) is 0 Å². The monoisotopic (exact) mass is 341 g/mol. The van der Waals surface area contributed by atoms with Gasteiger partial charge in [-0.3, -0.25) is 15.0 Å². The SMILES string of the molecule is COC(=O)C1=NNC2C(=O)N(c3c(Cl)cccc3Cl)C(=O)C12. The molecule has 2 atom stereocenters. The van der Waals surface area contributed by atoms with Crippen LogP contribution in [0, 0.1) is 5.92 Å². The average molecular weight is 342 g/mol. The second-order valence-electron chi connectivity index (χ2n) is 4.66. The second-order valence-corrected chi connectivity index (χ2v) is 5.47. The number of halogens is 2. The molecule has 1 fully saturated rings. The maximum absolute atomic E-state index is 12.6. The molecule has 0 aromatic heterocycles. The Labute approximate surface area is 134 Å². The van der Waals surface area contributed by atoms with Crippen LogP contribution in [-0.4, -0.2) is 36.6 Å². The Balaban J connectivity index is 2.04. The fraction of sp³-hybridized carbons (Fsp3) is 0.231. The lowest BCUT2D eigenvalue weighted by atomic mass is 9.99. The molecule has 2 aliphatic heterocycles. The van der Waals surface area contributed by atoms with Crippen LogP contribution in [0.1, 0.15) is 0 Å². The summed E-state index contributed by atoms with van der Waals surface area (Å²) in [5, 5.41) is 4.04. The number of carbonyl (C=O) groups is 3. The molecule has 2 amide bonds. The van der Waals surface area contributed by atoms with E-state index in [0.29, 0.717) is 0 Å². The molecule has 1 saturated heterocycles. The van der Waals surface area contributed by atoms with Crippen molar-refractivity contribution in [2.75, 3.05) is 12.0 Å². The molecule has 114 valence electrons. The number of methoxy groups -OCH3 is 1. The molecule has 1 aromatic rings. The molecule has 9 heteroatoms. The Morgan fingerprint density at radius 2 is 1.91 bits per heavy atom. The maximum atomic E-state index is 12.6. The normalized spacial score (nSPS) is 23.2. The van der Waals surface area contributed by atoms with Crippen LogP contribution in [0.25, 0.3) is 0 Å². The van der Waals surface area contributed by atoms with Gasteiger partial charge in [0.15, 0.2) is 5.71 Å². The van der Waals surface area contributed by atoms with Crippen molar-refractivity contribution in [2.24, 2.45) is 11.0 Å². The average Bonchev–Trinajstić information content (AvgIpc) is 3.02. The summed E-state index contributed by atoms with van der Waals surface area (Å²) in [5.74, 6) is -3.02. The molecule has 1 N–H and O–H groups in total. The van der Waals surface area contributed by atoms with E-state index in [0.717, 1.165) is 4.90 Å². The zero-order chi connectivity index (χ0) is 16.0. The molecule has 0 bridgehead atoms.